The second-order valence-corrected chi connectivity index (χ2v) is 8.67. The molecular formula is C20H37O. The average Bonchev–Trinajstić information content (AvgIpc) is 2.39. The second kappa shape index (κ2) is 7.81. The molecule has 0 bridgehead atoms. The zero-order chi connectivity index (χ0) is 16.1. The second-order valence-electron chi connectivity index (χ2n) is 8.67. The van der Waals surface area contributed by atoms with Crippen molar-refractivity contribution in [3.63, 3.8) is 0 Å². The first-order valence-electron chi connectivity index (χ1n) is 8.82. The molecule has 123 valence electrons. The van der Waals surface area contributed by atoms with Gasteiger partial charge >= 0.3 is 0 Å². The van der Waals surface area contributed by atoms with E-state index in [1.165, 1.54) is 31.3 Å². The van der Waals surface area contributed by atoms with Gasteiger partial charge in [-0.3, -0.25) is 0 Å². The maximum atomic E-state index is 9.70. The summed E-state index contributed by atoms with van der Waals surface area (Å²) in [6, 6.07) is 0. The van der Waals surface area contributed by atoms with E-state index in [4.69, 9.17) is 0 Å². The average molecular weight is 294 g/mol. The molecule has 1 fully saturated rings. The first-order chi connectivity index (χ1) is 9.60. The molecule has 2 aliphatic rings. The Morgan fingerprint density at radius 1 is 1.05 bits per heavy atom. The molecule has 1 N–H and O–H groups in total. The molecule has 0 aromatic rings. The number of hydrogen-bond acceptors (Lipinski definition) is 1. The third-order valence-electron chi connectivity index (χ3n) is 5.17. The lowest BCUT2D eigenvalue weighted by Gasteiger charge is -2.33. The highest BCUT2D eigenvalue weighted by Crippen LogP contribution is 2.36. The first kappa shape index (κ1) is 18.7. The van der Waals surface area contributed by atoms with Gasteiger partial charge in [-0.2, -0.15) is 0 Å². The van der Waals surface area contributed by atoms with Crippen molar-refractivity contribution in [1.29, 1.82) is 0 Å². The molecule has 0 amide bonds. The van der Waals surface area contributed by atoms with Crippen LogP contribution in [0.3, 0.4) is 0 Å². The summed E-state index contributed by atoms with van der Waals surface area (Å²) >= 11 is 0. The van der Waals surface area contributed by atoms with Crippen LogP contribution in [0.4, 0.5) is 0 Å². The number of hydrogen-bond donors (Lipinski definition) is 1. The predicted octanol–water partition coefficient (Wildman–Crippen LogP) is 5.93. The van der Waals surface area contributed by atoms with Crippen LogP contribution in [0.15, 0.2) is 11.6 Å². The standard InChI is InChI=1S/C10H18O.C10H19/c1-8-4-6-9(7-5-8)10(2,3)11;1-10(2,3)9-7-5-4-6-8-9/h4,9,11H,5-7H2,1-3H3;7,9H,4-6,8H2,1-3H3/t9-;/m0./s1. The van der Waals surface area contributed by atoms with Gasteiger partial charge in [0.15, 0.2) is 0 Å². The van der Waals surface area contributed by atoms with Crippen molar-refractivity contribution < 1.29 is 5.11 Å². The van der Waals surface area contributed by atoms with Crippen molar-refractivity contribution in [1.82, 2.24) is 0 Å². The lowest BCUT2D eigenvalue weighted by atomic mass is 9.72. The quantitative estimate of drug-likeness (QED) is 0.594. The Labute approximate surface area is 133 Å². The number of rotatable bonds is 1. The molecular weight excluding hydrogens is 256 g/mol. The fraction of sp³-hybridized carbons (Fsp3) is 0.850. The van der Waals surface area contributed by atoms with Gasteiger partial charge in [-0.15, -0.1) is 0 Å². The maximum absolute atomic E-state index is 9.70. The molecule has 1 unspecified atom stereocenters. The summed E-state index contributed by atoms with van der Waals surface area (Å²) < 4.78 is 0. The van der Waals surface area contributed by atoms with E-state index in [0.29, 0.717) is 11.3 Å². The Hall–Kier alpha value is -0.300. The van der Waals surface area contributed by atoms with Gasteiger partial charge in [0, 0.05) is 0 Å². The Bertz CT molecular complexity index is 321. The van der Waals surface area contributed by atoms with Crippen LogP contribution in [0.2, 0.25) is 0 Å². The fourth-order valence-corrected chi connectivity index (χ4v) is 3.34. The topological polar surface area (TPSA) is 20.2 Å². The van der Waals surface area contributed by atoms with Gasteiger partial charge < -0.3 is 5.11 Å². The van der Waals surface area contributed by atoms with Crippen LogP contribution in [0.1, 0.15) is 86.5 Å². The zero-order valence-corrected chi connectivity index (χ0v) is 15.2. The molecule has 0 saturated heterocycles. The van der Waals surface area contributed by atoms with Gasteiger partial charge in [-0.1, -0.05) is 45.3 Å². The predicted molar refractivity (Wildman–Crippen MR) is 93.1 cm³/mol. The van der Waals surface area contributed by atoms with Crippen LogP contribution in [-0.2, 0) is 0 Å². The van der Waals surface area contributed by atoms with Crippen molar-refractivity contribution in [3.05, 3.63) is 18.1 Å². The summed E-state index contributed by atoms with van der Waals surface area (Å²) in [6.07, 6.45) is 13.8. The summed E-state index contributed by atoms with van der Waals surface area (Å²) in [5.74, 6) is 1.34. The fourth-order valence-electron chi connectivity index (χ4n) is 3.34. The summed E-state index contributed by atoms with van der Waals surface area (Å²) in [5.41, 5.74) is 1.50. The van der Waals surface area contributed by atoms with E-state index < -0.39 is 5.60 Å². The van der Waals surface area contributed by atoms with Gasteiger partial charge in [-0.05, 0) is 76.5 Å². The molecule has 0 spiro atoms. The summed E-state index contributed by atoms with van der Waals surface area (Å²) in [4.78, 5) is 0. The monoisotopic (exact) mass is 293 g/mol. The zero-order valence-electron chi connectivity index (χ0n) is 15.2. The molecule has 0 aromatic heterocycles. The molecule has 1 radical (unpaired) electrons. The van der Waals surface area contributed by atoms with Gasteiger partial charge in [0.1, 0.15) is 0 Å². The van der Waals surface area contributed by atoms with E-state index in [1.807, 2.05) is 13.8 Å². The number of allylic oxidation sites excluding steroid dienone is 2. The van der Waals surface area contributed by atoms with E-state index in [0.717, 1.165) is 25.2 Å². The molecule has 2 rings (SSSR count). The summed E-state index contributed by atoms with van der Waals surface area (Å²) in [7, 11) is 0. The van der Waals surface area contributed by atoms with E-state index in [1.54, 1.807) is 0 Å². The van der Waals surface area contributed by atoms with Crippen molar-refractivity contribution in [3.8, 4) is 0 Å². The van der Waals surface area contributed by atoms with Crippen LogP contribution in [-0.4, -0.2) is 10.7 Å². The lowest BCUT2D eigenvalue weighted by Crippen LogP contribution is -2.31. The van der Waals surface area contributed by atoms with Gasteiger partial charge in [0.25, 0.3) is 0 Å². The minimum absolute atomic E-state index is 0.464. The molecule has 0 aliphatic heterocycles. The van der Waals surface area contributed by atoms with Gasteiger partial charge in [0.2, 0.25) is 0 Å². The Morgan fingerprint density at radius 3 is 2.05 bits per heavy atom. The van der Waals surface area contributed by atoms with Crippen LogP contribution >= 0.6 is 0 Å². The molecule has 0 heterocycles. The first-order valence-corrected chi connectivity index (χ1v) is 8.82. The largest absolute Gasteiger partial charge is 0.390 e. The van der Waals surface area contributed by atoms with Crippen LogP contribution in [0, 0.1) is 23.7 Å². The minimum Gasteiger partial charge on any atom is -0.390 e. The number of aliphatic hydroxyl groups is 1. The maximum Gasteiger partial charge on any atom is 0.0622 e. The van der Waals surface area contributed by atoms with Gasteiger partial charge in [0.05, 0.1) is 5.60 Å². The van der Waals surface area contributed by atoms with Crippen LogP contribution in [0.5, 0.6) is 0 Å². The van der Waals surface area contributed by atoms with Crippen molar-refractivity contribution >= 4 is 0 Å². The molecule has 21 heavy (non-hydrogen) atoms. The van der Waals surface area contributed by atoms with E-state index >= 15 is 0 Å². The van der Waals surface area contributed by atoms with E-state index in [2.05, 4.69) is 40.2 Å². The highest BCUT2D eigenvalue weighted by atomic mass is 16.3. The van der Waals surface area contributed by atoms with E-state index in [9.17, 15) is 5.11 Å². The highest BCUT2D eigenvalue weighted by Gasteiger charge is 2.27. The van der Waals surface area contributed by atoms with Crippen molar-refractivity contribution in [2.24, 2.45) is 17.3 Å². The third kappa shape index (κ3) is 7.00. The Balaban J connectivity index is 0.000000211. The SMILES string of the molecule is CC(C)(C)C1[CH]CCCC1.CC1=CC[C@H](C(C)(C)O)CC1. The van der Waals surface area contributed by atoms with Crippen molar-refractivity contribution in [2.75, 3.05) is 0 Å². The third-order valence-corrected chi connectivity index (χ3v) is 5.17. The molecule has 1 heteroatoms. The normalized spacial score (nSPS) is 24.9. The summed E-state index contributed by atoms with van der Waals surface area (Å²) in [5, 5.41) is 9.70. The van der Waals surface area contributed by atoms with Crippen LogP contribution in [0.25, 0.3) is 0 Å². The molecule has 1 saturated carbocycles. The Morgan fingerprint density at radius 2 is 1.71 bits per heavy atom. The van der Waals surface area contributed by atoms with E-state index in [-0.39, 0.29) is 0 Å². The Kier molecular flexibility index (Phi) is 6.97. The minimum atomic E-state index is -0.489. The van der Waals surface area contributed by atoms with Crippen molar-refractivity contribution in [2.45, 2.75) is 92.1 Å². The smallest absolute Gasteiger partial charge is 0.0622 e. The molecule has 0 aromatic carbocycles. The molecule has 1 nitrogen and oxygen atoms in total. The van der Waals surface area contributed by atoms with Gasteiger partial charge in [-0.25, -0.2) is 0 Å². The molecule has 2 aliphatic carbocycles. The molecule has 2 atom stereocenters. The van der Waals surface area contributed by atoms with Crippen LogP contribution < -0.4 is 0 Å². The summed E-state index contributed by atoms with van der Waals surface area (Å²) in [6.45, 7) is 13.0. The lowest BCUT2D eigenvalue weighted by molar-refractivity contribution is 0.0126. The highest BCUT2D eigenvalue weighted by molar-refractivity contribution is 5.04.